The van der Waals surface area contributed by atoms with Gasteiger partial charge in [0, 0.05) is 17.0 Å². The number of furan rings is 1. The maximum absolute atomic E-state index is 6.38. The molecule has 0 saturated carbocycles. The number of benzene rings is 4. The fourth-order valence-electron chi connectivity index (χ4n) is 5.89. The Kier molecular flexibility index (Phi) is 3.33. The summed E-state index contributed by atoms with van der Waals surface area (Å²) in [5.74, 6) is 0. The highest BCUT2D eigenvalue weighted by molar-refractivity contribution is 7.08. The summed E-state index contributed by atoms with van der Waals surface area (Å²) < 4.78 is 6.38. The molecule has 0 spiro atoms. The van der Waals surface area contributed by atoms with Crippen molar-refractivity contribution in [2.24, 2.45) is 4.90 Å². The van der Waals surface area contributed by atoms with E-state index in [1.54, 1.807) is 0 Å². The summed E-state index contributed by atoms with van der Waals surface area (Å²) in [5.41, 5.74) is 12.5. The SMILES string of the molecule is Cc1cc2c(oc3ccccc32)c(C)c1B1c2ccccc2B2N=Cc3cccc1c32. The first-order chi connectivity index (χ1) is 15.2. The van der Waals surface area contributed by atoms with E-state index in [-0.39, 0.29) is 13.6 Å². The second-order valence-corrected chi connectivity index (χ2v) is 8.80. The van der Waals surface area contributed by atoms with Crippen LogP contribution in [0.2, 0.25) is 0 Å². The van der Waals surface area contributed by atoms with Gasteiger partial charge in [-0.05, 0) is 42.6 Å². The quantitative estimate of drug-likeness (QED) is 0.401. The van der Waals surface area contributed by atoms with Gasteiger partial charge in [-0.25, -0.2) is 0 Å². The Labute approximate surface area is 181 Å². The Morgan fingerprint density at radius 1 is 0.742 bits per heavy atom. The van der Waals surface area contributed by atoms with Gasteiger partial charge in [0.05, 0.1) is 0 Å². The van der Waals surface area contributed by atoms with Crippen molar-refractivity contribution < 1.29 is 4.42 Å². The van der Waals surface area contributed by atoms with Crippen molar-refractivity contribution in [3.63, 3.8) is 0 Å². The molecule has 0 aliphatic carbocycles. The van der Waals surface area contributed by atoms with E-state index in [4.69, 9.17) is 9.32 Å². The summed E-state index contributed by atoms with van der Waals surface area (Å²) in [6.07, 6.45) is 2.05. The van der Waals surface area contributed by atoms with Gasteiger partial charge < -0.3 is 9.32 Å². The minimum atomic E-state index is 0.120. The molecule has 7 rings (SSSR count). The van der Waals surface area contributed by atoms with E-state index in [2.05, 4.69) is 80.6 Å². The lowest BCUT2D eigenvalue weighted by Gasteiger charge is -2.30. The Hall–Kier alpha value is -3.52. The number of hydrogen-bond acceptors (Lipinski definition) is 2. The predicted molar refractivity (Wildman–Crippen MR) is 133 cm³/mol. The molecule has 144 valence electrons. The Morgan fingerprint density at radius 2 is 1.52 bits per heavy atom. The molecule has 0 fully saturated rings. The largest absolute Gasteiger partial charge is 0.456 e. The number of aryl methyl sites for hydroxylation is 2. The normalized spacial score (nSPS) is 13.9. The molecule has 0 N–H and O–H groups in total. The third-order valence-corrected chi connectivity index (χ3v) is 7.18. The summed E-state index contributed by atoms with van der Waals surface area (Å²) in [4.78, 5) is 4.88. The van der Waals surface area contributed by atoms with Gasteiger partial charge in [0.1, 0.15) is 11.2 Å². The third kappa shape index (κ3) is 2.17. The minimum Gasteiger partial charge on any atom is -0.456 e. The average molecular weight is 395 g/mol. The zero-order chi connectivity index (χ0) is 20.7. The lowest BCUT2D eigenvalue weighted by Crippen LogP contribution is -2.72. The van der Waals surface area contributed by atoms with Crippen LogP contribution in [-0.4, -0.2) is 19.8 Å². The highest BCUT2D eigenvalue weighted by Gasteiger charge is 2.42. The maximum Gasteiger partial charge on any atom is 0.343 e. The van der Waals surface area contributed by atoms with Crippen LogP contribution in [0.25, 0.3) is 21.9 Å². The molecule has 2 aliphatic rings. The van der Waals surface area contributed by atoms with Crippen molar-refractivity contribution in [3.05, 3.63) is 89.5 Å². The lowest BCUT2D eigenvalue weighted by molar-refractivity contribution is 0.666. The summed E-state index contributed by atoms with van der Waals surface area (Å²) in [6, 6.07) is 26.1. The molecule has 0 radical (unpaired) electrons. The number of rotatable bonds is 1. The van der Waals surface area contributed by atoms with Gasteiger partial charge in [-0.15, -0.1) is 0 Å². The lowest BCUT2D eigenvalue weighted by atomic mass is 9.25. The third-order valence-electron chi connectivity index (χ3n) is 7.18. The van der Waals surface area contributed by atoms with Gasteiger partial charge >= 0.3 is 6.85 Å². The van der Waals surface area contributed by atoms with Crippen LogP contribution in [0.1, 0.15) is 16.7 Å². The monoisotopic (exact) mass is 395 g/mol. The molecule has 0 saturated heterocycles. The summed E-state index contributed by atoms with van der Waals surface area (Å²) in [6.45, 7) is 4.77. The highest BCUT2D eigenvalue weighted by atomic mass is 16.3. The van der Waals surface area contributed by atoms with Crippen LogP contribution in [-0.2, 0) is 0 Å². The molecule has 5 aromatic rings. The van der Waals surface area contributed by atoms with Crippen LogP contribution in [0, 0.1) is 13.8 Å². The van der Waals surface area contributed by atoms with Crippen molar-refractivity contribution in [1.82, 2.24) is 0 Å². The summed E-state index contributed by atoms with van der Waals surface area (Å²) in [5, 5.41) is 2.39. The summed E-state index contributed by atoms with van der Waals surface area (Å²) in [7, 11) is 0. The van der Waals surface area contributed by atoms with Crippen LogP contribution in [0.5, 0.6) is 0 Å². The van der Waals surface area contributed by atoms with E-state index in [1.807, 2.05) is 12.3 Å². The highest BCUT2D eigenvalue weighted by Crippen LogP contribution is 2.31. The van der Waals surface area contributed by atoms with E-state index in [1.165, 1.54) is 54.8 Å². The first-order valence-corrected chi connectivity index (χ1v) is 10.9. The predicted octanol–water partition coefficient (Wildman–Crippen LogP) is 2.57. The fraction of sp³-hybridized carbons (Fsp3) is 0.0741. The fourth-order valence-corrected chi connectivity index (χ4v) is 5.89. The standard InChI is InChI=1S/C27H19B2NO/c1-16-14-20-19-9-3-6-13-24(19)31-27(20)17(2)25(16)28-21-10-4-5-11-22(21)29-26-18(15-30-29)8-7-12-23(26)28/h3-15H,1-2H3. The van der Waals surface area contributed by atoms with Crippen molar-refractivity contribution in [2.75, 3.05) is 0 Å². The molecule has 0 unspecified atom stereocenters. The van der Waals surface area contributed by atoms with E-state index < -0.39 is 0 Å². The van der Waals surface area contributed by atoms with Gasteiger partial charge in [0.25, 0.3) is 0 Å². The minimum absolute atomic E-state index is 0.120. The topological polar surface area (TPSA) is 25.5 Å². The van der Waals surface area contributed by atoms with E-state index in [0.717, 1.165) is 11.2 Å². The smallest absolute Gasteiger partial charge is 0.343 e. The molecular weight excluding hydrogens is 376 g/mol. The van der Waals surface area contributed by atoms with Crippen LogP contribution >= 0.6 is 0 Å². The van der Waals surface area contributed by atoms with Crippen LogP contribution in [0.4, 0.5) is 0 Å². The first-order valence-electron chi connectivity index (χ1n) is 10.9. The van der Waals surface area contributed by atoms with Gasteiger partial charge in [-0.3, -0.25) is 0 Å². The molecule has 1 aromatic heterocycles. The van der Waals surface area contributed by atoms with E-state index >= 15 is 0 Å². The Bertz CT molecular complexity index is 1580. The molecule has 31 heavy (non-hydrogen) atoms. The molecule has 0 bridgehead atoms. The van der Waals surface area contributed by atoms with Crippen molar-refractivity contribution in [1.29, 1.82) is 0 Å². The maximum atomic E-state index is 6.38. The first kappa shape index (κ1) is 17.2. The zero-order valence-corrected chi connectivity index (χ0v) is 17.5. The number of hydrogen-bond donors (Lipinski definition) is 0. The van der Waals surface area contributed by atoms with E-state index in [9.17, 15) is 0 Å². The van der Waals surface area contributed by atoms with Crippen molar-refractivity contribution >= 4 is 69.0 Å². The van der Waals surface area contributed by atoms with E-state index in [0.29, 0.717) is 0 Å². The van der Waals surface area contributed by atoms with Gasteiger partial charge in [0.2, 0.25) is 6.71 Å². The molecular formula is C27H19B2NO. The number of nitrogens with zero attached hydrogens (tertiary/aromatic N) is 1. The Morgan fingerprint density at radius 3 is 2.42 bits per heavy atom. The molecule has 0 amide bonds. The molecule has 2 nitrogen and oxygen atoms in total. The van der Waals surface area contributed by atoms with Crippen LogP contribution in [0.15, 0.2) is 82.1 Å². The van der Waals surface area contributed by atoms with Gasteiger partial charge in [-0.2, -0.15) is 0 Å². The van der Waals surface area contributed by atoms with Crippen LogP contribution in [0.3, 0.4) is 0 Å². The second kappa shape index (κ2) is 6.01. The Balaban J connectivity index is 1.58. The van der Waals surface area contributed by atoms with Gasteiger partial charge in [-0.1, -0.05) is 88.1 Å². The van der Waals surface area contributed by atoms with Crippen molar-refractivity contribution in [2.45, 2.75) is 13.8 Å². The zero-order valence-electron chi connectivity index (χ0n) is 17.5. The molecule has 3 heterocycles. The molecule has 2 aliphatic heterocycles. The van der Waals surface area contributed by atoms with Crippen LogP contribution < -0.4 is 27.3 Å². The van der Waals surface area contributed by atoms with Gasteiger partial charge in [0.15, 0.2) is 0 Å². The summed E-state index contributed by atoms with van der Waals surface area (Å²) >= 11 is 0. The second-order valence-electron chi connectivity index (χ2n) is 8.80. The molecule has 0 atom stereocenters. The van der Waals surface area contributed by atoms with Crippen molar-refractivity contribution in [3.8, 4) is 0 Å². The number of para-hydroxylation sites is 1. The number of fused-ring (bicyclic) bond motifs is 5. The molecule has 4 heteroatoms. The average Bonchev–Trinajstić information content (AvgIpc) is 3.39. The molecule has 4 aromatic carbocycles.